The number of rotatable bonds is 3. The van der Waals surface area contributed by atoms with Crippen LogP contribution in [0.25, 0.3) is 0 Å². The van der Waals surface area contributed by atoms with Gasteiger partial charge < -0.3 is 4.74 Å². The largest absolute Gasteiger partial charge is 0.497 e. The molecule has 140 valence electrons. The third kappa shape index (κ3) is 2.41. The van der Waals surface area contributed by atoms with E-state index in [1.807, 2.05) is 0 Å². The van der Waals surface area contributed by atoms with E-state index in [2.05, 4.69) is 36.6 Å². The topological polar surface area (TPSA) is 12.5 Å². The molecule has 2 heteroatoms. The Bertz CT molecular complexity index is 721. The molecule has 0 aromatic heterocycles. The smallest absolute Gasteiger partial charge is 0.119 e. The Morgan fingerprint density at radius 2 is 2.12 bits per heavy atom. The van der Waals surface area contributed by atoms with Gasteiger partial charge >= 0.3 is 0 Å². The molecule has 5 rings (SSSR count). The third-order valence-electron chi connectivity index (χ3n) is 8.16. The molecule has 4 atom stereocenters. The average molecular weight is 352 g/mol. The first-order chi connectivity index (χ1) is 12.6. The van der Waals surface area contributed by atoms with Crippen LogP contribution in [0, 0.1) is 17.8 Å². The minimum atomic E-state index is 0.303. The summed E-state index contributed by atoms with van der Waals surface area (Å²) in [7, 11) is 1.80. The van der Waals surface area contributed by atoms with E-state index >= 15 is 0 Å². The molecule has 2 bridgehead atoms. The summed E-state index contributed by atoms with van der Waals surface area (Å²) in [6.45, 7) is 9.57. The molecule has 0 radical (unpaired) electrons. The molecule has 1 aliphatic heterocycles. The highest BCUT2D eigenvalue weighted by Crippen LogP contribution is 2.59. The molecule has 26 heavy (non-hydrogen) atoms. The van der Waals surface area contributed by atoms with E-state index in [9.17, 15) is 0 Å². The minimum Gasteiger partial charge on any atom is -0.497 e. The summed E-state index contributed by atoms with van der Waals surface area (Å²) in [6.07, 6.45) is 9.31. The van der Waals surface area contributed by atoms with Crippen molar-refractivity contribution in [1.82, 2.24) is 4.90 Å². The molecule has 0 N–H and O–H groups in total. The molecule has 4 aliphatic rings. The van der Waals surface area contributed by atoms with Gasteiger partial charge in [0, 0.05) is 18.0 Å². The second kappa shape index (κ2) is 6.12. The van der Waals surface area contributed by atoms with Crippen LogP contribution < -0.4 is 4.74 Å². The summed E-state index contributed by atoms with van der Waals surface area (Å²) in [4.78, 5) is 2.89. The van der Waals surface area contributed by atoms with Crippen molar-refractivity contribution < 1.29 is 4.74 Å². The van der Waals surface area contributed by atoms with Gasteiger partial charge in [0.25, 0.3) is 0 Å². The minimum absolute atomic E-state index is 0.303. The maximum absolute atomic E-state index is 5.61. The maximum atomic E-state index is 5.61. The Kier molecular flexibility index (Phi) is 3.97. The van der Waals surface area contributed by atoms with Crippen LogP contribution in [0.5, 0.6) is 5.75 Å². The van der Waals surface area contributed by atoms with Gasteiger partial charge in [0.2, 0.25) is 0 Å². The highest BCUT2D eigenvalue weighted by atomic mass is 16.5. The van der Waals surface area contributed by atoms with E-state index in [0.717, 1.165) is 29.5 Å². The lowest BCUT2D eigenvalue weighted by molar-refractivity contribution is -0.0376. The molecule has 2 nitrogen and oxygen atoms in total. The van der Waals surface area contributed by atoms with E-state index in [4.69, 9.17) is 4.74 Å². The molecular formula is C24H33NO. The fraction of sp³-hybridized carbons (Fsp3) is 0.667. The fourth-order valence-corrected chi connectivity index (χ4v) is 6.95. The highest BCUT2D eigenvalue weighted by Gasteiger charge is 2.56. The normalized spacial score (nSPS) is 36.8. The van der Waals surface area contributed by atoms with Crippen LogP contribution >= 0.6 is 0 Å². The number of allylic oxidation sites excluding steroid dienone is 1. The standard InChI is InChI=1S/C24H33NO/c1-16-11-17(2)23-22-12-19-7-8-20(26-3)13-21(19)24(23,14-16)9-10-25(22)15-18-5-4-6-18/h7-8,13,17-18,22-23H,1,4-6,9-12,14-15H2,2-3H3/t17-,22-,23+,24+/m1/s1. The lowest BCUT2D eigenvalue weighted by Gasteiger charge is -2.62. The number of nitrogens with zero attached hydrogens (tertiary/aromatic N) is 1. The maximum Gasteiger partial charge on any atom is 0.119 e. The van der Waals surface area contributed by atoms with Crippen molar-refractivity contribution in [3.05, 3.63) is 41.5 Å². The zero-order chi connectivity index (χ0) is 17.9. The Balaban J connectivity index is 1.58. The van der Waals surface area contributed by atoms with Crippen LogP contribution in [0.15, 0.2) is 30.4 Å². The molecule has 3 aliphatic carbocycles. The highest BCUT2D eigenvalue weighted by molar-refractivity contribution is 5.47. The Labute approximate surface area is 158 Å². The van der Waals surface area contributed by atoms with Gasteiger partial charge in [-0.1, -0.05) is 31.6 Å². The number of hydrogen-bond acceptors (Lipinski definition) is 2. The lowest BCUT2D eigenvalue weighted by Crippen LogP contribution is -2.63. The molecule has 1 aromatic carbocycles. The number of fused-ring (bicyclic) bond motifs is 1. The summed E-state index contributed by atoms with van der Waals surface area (Å²) in [5.74, 6) is 3.51. The molecule has 1 aromatic rings. The number of methoxy groups -OCH3 is 1. The molecular weight excluding hydrogens is 318 g/mol. The zero-order valence-corrected chi connectivity index (χ0v) is 16.5. The van der Waals surface area contributed by atoms with Crippen LogP contribution in [-0.4, -0.2) is 31.1 Å². The van der Waals surface area contributed by atoms with E-state index in [-0.39, 0.29) is 0 Å². The number of benzene rings is 1. The monoisotopic (exact) mass is 351 g/mol. The van der Waals surface area contributed by atoms with Crippen LogP contribution in [0.3, 0.4) is 0 Å². The molecule has 2 saturated carbocycles. The van der Waals surface area contributed by atoms with Gasteiger partial charge in [-0.05, 0) is 86.1 Å². The Hall–Kier alpha value is -1.28. The van der Waals surface area contributed by atoms with Gasteiger partial charge in [-0.25, -0.2) is 0 Å². The van der Waals surface area contributed by atoms with Gasteiger partial charge in [0.1, 0.15) is 5.75 Å². The predicted molar refractivity (Wildman–Crippen MR) is 107 cm³/mol. The van der Waals surface area contributed by atoms with Gasteiger partial charge in [-0.15, -0.1) is 0 Å². The van der Waals surface area contributed by atoms with Crippen molar-refractivity contribution in [3.8, 4) is 5.75 Å². The first-order valence-electron chi connectivity index (χ1n) is 10.7. The lowest BCUT2D eigenvalue weighted by atomic mass is 9.49. The van der Waals surface area contributed by atoms with Gasteiger partial charge in [0.05, 0.1) is 7.11 Å². The summed E-state index contributed by atoms with van der Waals surface area (Å²) < 4.78 is 5.61. The summed E-state index contributed by atoms with van der Waals surface area (Å²) in [5, 5.41) is 0. The van der Waals surface area contributed by atoms with Crippen molar-refractivity contribution in [2.45, 2.75) is 63.3 Å². The second-order valence-corrected chi connectivity index (χ2v) is 9.63. The fourth-order valence-electron chi connectivity index (χ4n) is 6.95. The van der Waals surface area contributed by atoms with Crippen molar-refractivity contribution in [2.75, 3.05) is 20.2 Å². The van der Waals surface area contributed by atoms with Gasteiger partial charge in [0.15, 0.2) is 0 Å². The van der Waals surface area contributed by atoms with Crippen LogP contribution in [0.2, 0.25) is 0 Å². The number of hydrogen-bond donors (Lipinski definition) is 0. The quantitative estimate of drug-likeness (QED) is 0.713. The van der Waals surface area contributed by atoms with E-state index in [1.165, 1.54) is 63.6 Å². The van der Waals surface area contributed by atoms with Crippen molar-refractivity contribution >= 4 is 0 Å². The van der Waals surface area contributed by atoms with Crippen LogP contribution in [-0.2, 0) is 11.8 Å². The van der Waals surface area contributed by atoms with Crippen molar-refractivity contribution in [2.24, 2.45) is 17.8 Å². The zero-order valence-electron chi connectivity index (χ0n) is 16.5. The molecule has 1 saturated heterocycles. The summed E-state index contributed by atoms with van der Waals surface area (Å²) in [5.41, 5.74) is 4.94. The molecule has 0 spiro atoms. The van der Waals surface area contributed by atoms with E-state index in [1.54, 1.807) is 18.2 Å². The van der Waals surface area contributed by atoms with Crippen molar-refractivity contribution in [1.29, 1.82) is 0 Å². The summed E-state index contributed by atoms with van der Waals surface area (Å²) in [6, 6.07) is 7.62. The molecule has 0 unspecified atom stereocenters. The first kappa shape index (κ1) is 16.9. The van der Waals surface area contributed by atoms with E-state index in [0.29, 0.717) is 5.41 Å². The SMILES string of the molecule is C=C1C[C@@H](C)[C@H]2[C@H]3Cc4ccc(OC)cc4[C@]2(CCN3CC2CCC2)C1. The van der Waals surface area contributed by atoms with Gasteiger partial charge in [-0.3, -0.25) is 4.90 Å². The van der Waals surface area contributed by atoms with Crippen LogP contribution in [0.4, 0.5) is 0 Å². The average Bonchev–Trinajstić information content (AvgIpc) is 2.58. The van der Waals surface area contributed by atoms with Crippen LogP contribution in [0.1, 0.15) is 56.6 Å². The third-order valence-corrected chi connectivity index (χ3v) is 8.16. The Morgan fingerprint density at radius 3 is 2.85 bits per heavy atom. The Morgan fingerprint density at radius 1 is 1.27 bits per heavy atom. The molecule has 3 fully saturated rings. The molecule has 1 heterocycles. The van der Waals surface area contributed by atoms with Crippen molar-refractivity contribution in [3.63, 3.8) is 0 Å². The first-order valence-corrected chi connectivity index (χ1v) is 10.7. The predicted octanol–water partition coefficient (Wildman–Crippen LogP) is 4.97. The number of likely N-dealkylation sites (tertiary alicyclic amines) is 1. The van der Waals surface area contributed by atoms with Gasteiger partial charge in [-0.2, -0.15) is 0 Å². The second-order valence-electron chi connectivity index (χ2n) is 9.63. The molecule has 0 amide bonds. The summed E-state index contributed by atoms with van der Waals surface area (Å²) >= 11 is 0. The number of piperidine rings is 1. The van der Waals surface area contributed by atoms with E-state index < -0.39 is 0 Å². The number of ether oxygens (including phenoxy) is 1.